The number of halogens is 3. The Bertz CT molecular complexity index is 816. The molecule has 0 bridgehead atoms. The maximum atomic E-state index is 12.7. The summed E-state index contributed by atoms with van der Waals surface area (Å²) in [7, 11) is 3.45. The van der Waals surface area contributed by atoms with Crippen LogP contribution in [-0.4, -0.2) is 59.0 Å². The van der Waals surface area contributed by atoms with E-state index in [9.17, 15) is 18.0 Å². The van der Waals surface area contributed by atoms with E-state index in [-0.39, 0.29) is 22.9 Å². The number of pyridine rings is 1. The molecule has 2 atom stereocenters. The lowest BCUT2D eigenvalue weighted by molar-refractivity contribution is -0.274. The van der Waals surface area contributed by atoms with Crippen LogP contribution in [0.1, 0.15) is 12.0 Å². The van der Waals surface area contributed by atoms with E-state index >= 15 is 0 Å². The van der Waals surface area contributed by atoms with Gasteiger partial charge in [-0.05, 0) is 36.2 Å². The molecule has 0 spiro atoms. The van der Waals surface area contributed by atoms with Gasteiger partial charge in [0.15, 0.2) is 0 Å². The molecule has 5 nitrogen and oxygen atoms in total. The first-order valence-electron chi connectivity index (χ1n) is 9.09. The van der Waals surface area contributed by atoms with Crippen molar-refractivity contribution in [3.05, 3.63) is 54.2 Å². The van der Waals surface area contributed by atoms with Crippen molar-refractivity contribution < 1.29 is 22.7 Å². The zero-order chi connectivity index (χ0) is 21.0. The molecule has 2 aromatic rings. The lowest BCUT2D eigenvalue weighted by Crippen LogP contribution is -2.42. The molecular formula is C20H22F3N3O2S. The molecule has 0 N–H and O–H groups in total. The van der Waals surface area contributed by atoms with Crippen LogP contribution in [0.15, 0.2) is 53.7 Å². The van der Waals surface area contributed by atoms with Gasteiger partial charge in [-0.3, -0.25) is 9.69 Å². The normalized spacial score (nSPS) is 19.9. The van der Waals surface area contributed by atoms with Crippen LogP contribution in [0.5, 0.6) is 5.75 Å². The number of thioether (sulfide) groups is 1. The molecule has 1 aromatic carbocycles. The van der Waals surface area contributed by atoms with Gasteiger partial charge < -0.3 is 9.64 Å². The third-order valence-corrected chi connectivity index (χ3v) is 5.72. The molecule has 1 aliphatic heterocycles. The third-order valence-electron chi connectivity index (χ3n) is 4.56. The van der Waals surface area contributed by atoms with E-state index in [1.807, 2.05) is 18.2 Å². The van der Waals surface area contributed by atoms with Gasteiger partial charge >= 0.3 is 6.36 Å². The molecule has 0 radical (unpaired) electrons. The fourth-order valence-corrected chi connectivity index (χ4v) is 4.46. The van der Waals surface area contributed by atoms with Crippen molar-refractivity contribution in [1.82, 2.24) is 14.8 Å². The zero-order valence-corrected chi connectivity index (χ0v) is 16.9. The maximum absolute atomic E-state index is 12.7. The van der Waals surface area contributed by atoms with Crippen LogP contribution >= 0.6 is 11.8 Å². The number of amides is 1. The molecule has 1 saturated heterocycles. The first-order chi connectivity index (χ1) is 13.7. The quantitative estimate of drug-likeness (QED) is 0.705. The highest BCUT2D eigenvalue weighted by Crippen LogP contribution is 2.33. The average Bonchev–Trinajstić information content (AvgIpc) is 3.04. The molecule has 1 aliphatic rings. The first-order valence-corrected chi connectivity index (χ1v) is 9.97. The zero-order valence-electron chi connectivity index (χ0n) is 16.1. The Morgan fingerprint density at radius 1 is 1.24 bits per heavy atom. The summed E-state index contributed by atoms with van der Waals surface area (Å²) >= 11 is 1.64. The van der Waals surface area contributed by atoms with Gasteiger partial charge in [-0.15, -0.1) is 24.9 Å². The van der Waals surface area contributed by atoms with Gasteiger partial charge in [0.25, 0.3) is 0 Å². The number of benzene rings is 1. The monoisotopic (exact) mass is 425 g/mol. The van der Waals surface area contributed by atoms with Gasteiger partial charge in [-0.1, -0.05) is 18.2 Å². The molecule has 3 rings (SSSR count). The van der Waals surface area contributed by atoms with Crippen LogP contribution in [0.2, 0.25) is 0 Å². The van der Waals surface area contributed by atoms with Crippen molar-refractivity contribution in [3.8, 4) is 5.75 Å². The van der Waals surface area contributed by atoms with Gasteiger partial charge in [0.1, 0.15) is 5.75 Å². The van der Waals surface area contributed by atoms with Crippen LogP contribution < -0.4 is 4.74 Å². The highest BCUT2D eigenvalue weighted by molar-refractivity contribution is 7.99. The number of rotatable bonds is 6. The Morgan fingerprint density at radius 2 is 1.97 bits per heavy atom. The Balaban J connectivity index is 1.70. The topological polar surface area (TPSA) is 45.7 Å². The van der Waals surface area contributed by atoms with E-state index in [1.165, 1.54) is 12.1 Å². The highest BCUT2D eigenvalue weighted by atomic mass is 32.2. The van der Waals surface area contributed by atoms with Crippen LogP contribution in [-0.2, 0) is 11.3 Å². The number of alkyl halides is 3. The molecular weight excluding hydrogens is 403 g/mol. The van der Waals surface area contributed by atoms with E-state index in [0.717, 1.165) is 10.6 Å². The number of aromatic nitrogens is 1. The van der Waals surface area contributed by atoms with Crippen molar-refractivity contribution in [2.24, 2.45) is 0 Å². The summed E-state index contributed by atoms with van der Waals surface area (Å²) in [6.07, 6.45) is -2.29. The molecule has 9 heteroatoms. The number of likely N-dealkylation sites (tertiary alicyclic amines) is 1. The lowest BCUT2D eigenvalue weighted by atomic mass is 10.1. The minimum absolute atomic E-state index is 0.0196. The molecule has 0 aliphatic carbocycles. The first kappa shape index (κ1) is 21.4. The Hall–Kier alpha value is -2.26. The summed E-state index contributed by atoms with van der Waals surface area (Å²) in [6.45, 7) is 1.15. The Labute approximate surface area is 171 Å². The largest absolute Gasteiger partial charge is 0.573 e. The van der Waals surface area contributed by atoms with Crippen LogP contribution in [0.4, 0.5) is 13.2 Å². The average molecular weight is 425 g/mol. The van der Waals surface area contributed by atoms with Crippen molar-refractivity contribution in [2.75, 3.05) is 20.6 Å². The second-order valence-electron chi connectivity index (χ2n) is 7.01. The van der Waals surface area contributed by atoms with E-state index in [4.69, 9.17) is 0 Å². The third kappa shape index (κ3) is 6.11. The number of hydrogen-bond acceptors (Lipinski definition) is 5. The summed E-state index contributed by atoms with van der Waals surface area (Å²) in [6, 6.07) is 11.2. The Kier molecular flexibility index (Phi) is 6.69. The number of nitrogens with zero attached hydrogens (tertiary/aromatic N) is 3. The number of hydrogen-bond donors (Lipinski definition) is 0. The predicted molar refractivity (Wildman–Crippen MR) is 105 cm³/mol. The smallest absolute Gasteiger partial charge is 0.406 e. The predicted octanol–water partition coefficient (Wildman–Crippen LogP) is 3.80. The molecule has 156 valence electrons. The van der Waals surface area contributed by atoms with Gasteiger partial charge in [0.2, 0.25) is 5.91 Å². The van der Waals surface area contributed by atoms with Gasteiger partial charge in [-0.2, -0.15) is 0 Å². The van der Waals surface area contributed by atoms with Gasteiger partial charge in [0, 0.05) is 38.6 Å². The lowest BCUT2D eigenvalue weighted by Gasteiger charge is -2.26. The summed E-state index contributed by atoms with van der Waals surface area (Å²) in [5.41, 5.74) is 0.819. The number of ether oxygens (including phenoxy) is 1. The number of likely N-dealkylation sites (N-methyl/N-ethyl adjacent to an activating group) is 1. The van der Waals surface area contributed by atoms with Gasteiger partial charge in [-0.25, -0.2) is 4.98 Å². The van der Waals surface area contributed by atoms with E-state index < -0.39 is 6.36 Å². The molecule has 0 unspecified atom stereocenters. The SMILES string of the molecule is CN(C)C(=O)[C@@H]1C[C@@H](Sc2ccccn2)CN1Cc1ccc(OC(F)(F)F)cc1. The Morgan fingerprint density at radius 3 is 2.55 bits per heavy atom. The molecule has 1 fully saturated rings. The summed E-state index contributed by atoms with van der Waals surface area (Å²) < 4.78 is 40.9. The minimum atomic E-state index is -4.71. The van der Waals surface area contributed by atoms with Crippen molar-refractivity contribution >= 4 is 17.7 Å². The van der Waals surface area contributed by atoms with Crippen molar-refractivity contribution in [1.29, 1.82) is 0 Å². The highest BCUT2D eigenvalue weighted by Gasteiger charge is 2.38. The van der Waals surface area contributed by atoms with Crippen LogP contribution in [0.3, 0.4) is 0 Å². The number of carbonyl (C=O) groups is 1. The summed E-state index contributed by atoms with van der Waals surface area (Å²) in [5, 5.41) is 1.11. The van der Waals surface area contributed by atoms with E-state index in [1.54, 1.807) is 49.1 Å². The fraction of sp³-hybridized carbons (Fsp3) is 0.400. The fourth-order valence-electron chi connectivity index (χ4n) is 3.30. The van der Waals surface area contributed by atoms with Crippen molar-refractivity contribution in [2.45, 2.75) is 35.6 Å². The number of carbonyl (C=O) groups excluding carboxylic acids is 1. The van der Waals surface area contributed by atoms with E-state index in [0.29, 0.717) is 19.5 Å². The minimum Gasteiger partial charge on any atom is -0.406 e. The van der Waals surface area contributed by atoms with E-state index in [2.05, 4.69) is 14.6 Å². The van der Waals surface area contributed by atoms with Crippen LogP contribution in [0, 0.1) is 0 Å². The second-order valence-corrected chi connectivity index (χ2v) is 8.33. The van der Waals surface area contributed by atoms with Gasteiger partial charge in [0.05, 0.1) is 11.1 Å². The molecule has 2 heterocycles. The van der Waals surface area contributed by atoms with Crippen molar-refractivity contribution in [3.63, 3.8) is 0 Å². The molecule has 1 aromatic heterocycles. The van der Waals surface area contributed by atoms with Crippen LogP contribution in [0.25, 0.3) is 0 Å². The summed E-state index contributed by atoms with van der Waals surface area (Å²) in [5.74, 6) is -0.238. The standard InChI is InChI=1S/C20H22F3N3O2S/c1-25(2)19(27)17-11-16(29-18-5-3-4-10-24-18)13-26(17)12-14-6-8-15(9-7-14)28-20(21,22)23/h3-10,16-17H,11-13H2,1-2H3/t16-,17+/m1/s1. The molecule has 0 saturated carbocycles. The molecule has 29 heavy (non-hydrogen) atoms. The summed E-state index contributed by atoms with van der Waals surface area (Å²) in [4.78, 5) is 20.7. The molecule has 1 amide bonds. The second kappa shape index (κ2) is 9.04. The maximum Gasteiger partial charge on any atom is 0.573 e.